The molecule has 0 spiro atoms. The number of carbonyl (C=O) groups excluding carboxylic acids is 3. The minimum atomic E-state index is -4.81. The fraction of sp³-hybridized carbons (Fsp3) is 0.711. The summed E-state index contributed by atoms with van der Waals surface area (Å²) < 4.78 is 26.1. The smallest absolute Gasteiger partial charge is 0.462 e. The van der Waals surface area contributed by atoms with Crippen LogP contribution in [0.5, 0.6) is 0 Å². The van der Waals surface area contributed by atoms with E-state index in [0.717, 1.165) is 44.4 Å². The van der Waals surface area contributed by atoms with Gasteiger partial charge in [-0.1, -0.05) is 134 Å². The maximum Gasteiger partial charge on any atom is 0.469 e. The van der Waals surface area contributed by atoms with Crippen LogP contribution in [0.25, 0.3) is 0 Å². The molecule has 0 unspecified atom stereocenters. The molecule has 0 aliphatic rings. The van der Waals surface area contributed by atoms with Gasteiger partial charge in [0.15, 0.2) is 11.9 Å². The number of ether oxygens (including phenoxy) is 2. The van der Waals surface area contributed by atoms with Crippen LogP contribution in [0.2, 0.25) is 0 Å². The fourth-order valence-electron chi connectivity index (χ4n) is 4.74. The van der Waals surface area contributed by atoms with Crippen molar-refractivity contribution >= 4 is 25.5 Å². The van der Waals surface area contributed by atoms with E-state index in [-0.39, 0.29) is 38.1 Å². The monoisotopic (exact) mass is 696 g/mol. The Morgan fingerprint density at radius 3 is 1.92 bits per heavy atom. The Balaban J connectivity index is 4.23. The highest BCUT2D eigenvalue weighted by Crippen LogP contribution is 2.36. The van der Waals surface area contributed by atoms with Gasteiger partial charge in [-0.3, -0.25) is 18.9 Å². The van der Waals surface area contributed by atoms with Crippen molar-refractivity contribution in [1.82, 2.24) is 0 Å². The molecular formula is C38H65O9P. The van der Waals surface area contributed by atoms with E-state index in [1.807, 2.05) is 12.2 Å². The molecule has 0 aromatic heterocycles. The van der Waals surface area contributed by atoms with Crippen LogP contribution in [0.3, 0.4) is 0 Å². The zero-order chi connectivity index (χ0) is 35.7. The summed E-state index contributed by atoms with van der Waals surface area (Å²) in [5.41, 5.74) is 0. The van der Waals surface area contributed by atoms with Gasteiger partial charge in [0, 0.05) is 19.3 Å². The zero-order valence-corrected chi connectivity index (χ0v) is 30.9. The molecule has 0 aromatic rings. The molecule has 0 rings (SSSR count). The van der Waals surface area contributed by atoms with Crippen LogP contribution in [0.4, 0.5) is 0 Å². The van der Waals surface area contributed by atoms with Gasteiger partial charge in [-0.15, -0.1) is 0 Å². The van der Waals surface area contributed by atoms with Crippen molar-refractivity contribution in [3.8, 4) is 0 Å². The summed E-state index contributed by atoms with van der Waals surface area (Å²) >= 11 is 0. The number of esters is 2. The maximum absolute atomic E-state index is 12.3. The van der Waals surface area contributed by atoms with Crippen molar-refractivity contribution in [3.63, 3.8) is 0 Å². The molecule has 0 amide bonds. The molecule has 1 atom stereocenters. The molecule has 10 heteroatoms. The fourth-order valence-corrected chi connectivity index (χ4v) is 5.11. The second-order valence-electron chi connectivity index (χ2n) is 12.7. The Hall–Kier alpha value is -2.32. The zero-order valence-electron chi connectivity index (χ0n) is 30.0. The third-order valence-corrected chi connectivity index (χ3v) is 7.99. The number of phosphoric ester groups is 1. The first kappa shape index (κ1) is 45.7. The number of allylic oxidation sites excluding steroid dienone is 8. The average Bonchev–Trinajstić information content (AvgIpc) is 3.02. The van der Waals surface area contributed by atoms with E-state index < -0.39 is 32.5 Å². The predicted octanol–water partition coefficient (Wildman–Crippen LogP) is 9.82. The van der Waals surface area contributed by atoms with Crippen LogP contribution >= 0.6 is 7.82 Å². The van der Waals surface area contributed by atoms with E-state index in [4.69, 9.17) is 19.3 Å². The highest BCUT2D eigenvalue weighted by atomic mass is 31.2. The van der Waals surface area contributed by atoms with Crippen molar-refractivity contribution in [2.24, 2.45) is 5.92 Å². The lowest BCUT2D eigenvalue weighted by Gasteiger charge is -2.18. The number of hydrogen-bond acceptors (Lipinski definition) is 7. The van der Waals surface area contributed by atoms with Gasteiger partial charge in [0.05, 0.1) is 6.61 Å². The van der Waals surface area contributed by atoms with Gasteiger partial charge in [-0.05, 0) is 50.5 Å². The number of rotatable bonds is 32. The lowest BCUT2D eigenvalue weighted by molar-refractivity contribution is -0.161. The van der Waals surface area contributed by atoms with Crippen LogP contribution in [0.15, 0.2) is 48.6 Å². The van der Waals surface area contributed by atoms with Crippen molar-refractivity contribution in [2.45, 2.75) is 155 Å². The second-order valence-corrected chi connectivity index (χ2v) is 14.0. The SMILES string of the molecule is CCCCC/C=C\C/C=C\C/C=C\C=C\C(=O)CCCC(=O)O[C@H](COC(=O)CCCCCCCCCCCC(C)C)COP(=O)(O)O. The molecule has 0 heterocycles. The normalized spacial score (nSPS) is 13.0. The average molecular weight is 697 g/mol. The lowest BCUT2D eigenvalue weighted by atomic mass is 10.0. The number of ketones is 1. The van der Waals surface area contributed by atoms with Crippen LogP contribution in [0, 0.1) is 5.92 Å². The number of hydrogen-bond donors (Lipinski definition) is 2. The number of carbonyl (C=O) groups is 3. The van der Waals surface area contributed by atoms with Crippen molar-refractivity contribution in [1.29, 1.82) is 0 Å². The van der Waals surface area contributed by atoms with Gasteiger partial charge in [-0.25, -0.2) is 4.57 Å². The van der Waals surface area contributed by atoms with E-state index in [1.54, 1.807) is 6.08 Å². The van der Waals surface area contributed by atoms with E-state index >= 15 is 0 Å². The van der Waals surface area contributed by atoms with Gasteiger partial charge < -0.3 is 19.3 Å². The highest BCUT2D eigenvalue weighted by Gasteiger charge is 2.23. The first-order valence-electron chi connectivity index (χ1n) is 18.2. The first-order chi connectivity index (χ1) is 23.0. The quantitative estimate of drug-likeness (QED) is 0.0176. The topological polar surface area (TPSA) is 136 Å². The number of unbranched alkanes of at least 4 members (excludes halogenated alkanes) is 11. The molecule has 0 aliphatic heterocycles. The second kappa shape index (κ2) is 31.9. The molecule has 0 saturated carbocycles. The molecule has 9 nitrogen and oxygen atoms in total. The molecule has 276 valence electrons. The van der Waals surface area contributed by atoms with E-state index in [9.17, 15) is 18.9 Å². The summed E-state index contributed by atoms with van der Waals surface area (Å²) in [6.45, 7) is 5.71. The summed E-state index contributed by atoms with van der Waals surface area (Å²) in [4.78, 5) is 54.7. The third kappa shape index (κ3) is 35.0. The molecule has 0 bridgehead atoms. The van der Waals surface area contributed by atoms with Crippen LogP contribution in [-0.4, -0.2) is 46.8 Å². The van der Waals surface area contributed by atoms with Gasteiger partial charge in [0.25, 0.3) is 0 Å². The van der Waals surface area contributed by atoms with E-state index in [0.29, 0.717) is 6.42 Å². The summed E-state index contributed by atoms with van der Waals surface area (Å²) in [5, 5.41) is 0. The van der Waals surface area contributed by atoms with Gasteiger partial charge in [-0.2, -0.15) is 0 Å². The molecule has 0 saturated heterocycles. The number of phosphoric acid groups is 1. The van der Waals surface area contributed by atoms with Gasteiger partial charge in [0.2, 0.25) is 0 Å². The highest BCUT2D eigenvalue weighted by molar-refractivity contribution is 7.46. The molecule has 0 fully saturated rings. The van der Waals surface area contributed by atoms with Gasteiger partial charge >= 0.3 is 19.8 Å². The van der Waals surface area contributed by atoms with Gasteiger partial charge in [0.1, 0.15) is 6.61 Å². The molecule has 0 radical (unpaired) electrons. The van der Waals surface area contributed by atoms with E-state index in [2.05, 4.69) is 49.6 Å². The minimum absolute atomic E-state index is 0.0778. The maximum atomic E-state index is 12.3. The standard InChI is InChI=1S/C38H65O9P/c1-4-5-6-7-8-9-10-11-12-15-18-21-24-28-35(39)29-26-31-38(41)47-36(33-46-48(42,43)44)32-45-37(40)30-25-22-19-16-13-14-17-20-23-27-34(2)3/h8-9,11-12,18,21,24,28,34,36H,4-7,10,13-17,19-20,22-23,25-27,29-33H2,1-3H3,(H2,42,43,44)/b9-8-,12-11-,21-18-,28-24+/t36-/m1/s1. The largest absolute Gasteiger partial charge is 0.469 e. The Bertz CT molecular complexity index is 994. The Morgan fingerprint density at radius 2 is 1.27 bits per heavy atom. The Labute approximate surface area is 290 Å². The predicted molar refractivity (Wildman–Crippen MR) is 193 cm³/mol. The molecular weight excluding hydrogens is 631 g/mol. The van der Waals surface area contributed by atoms with E-state index in [1.165, 1.54) is 63.9 Å². The molecule has 48 heavy (non-hydrogen) atoms. The first-order valence-corrected chi connectivity index (χ1v) is 19.8. The van der Waals surface area contributed by atoms with Crippen molar-refractivity contribution in [3.05, 3.63) is 48.6 Å². The minimum Gasteiger partial charge on any atom is -0.462 e. The molecule has 2 N–H and O–H groups in total. The van der Waals surface area contributed by atoms with Crippen molar-refractivity contribution in [2.75, 3.05) is 13.2 Å². The molecule has 0 aliphatic carbocycles. The summed E-state index contributed by atoms with van der Waals surface area (Å²) in [6, 6.07) is 0. The Morgan fingerprint density at radius 1 is 0.667 bits per heavy atom. The third-order valence-electron chi connectivity index (χ3n) is 7.50. The van der Waals surface area contributed by atoms with Crippen LogP contribution in [0.1, 0.15) is 149 Å². The van der Waals surface area contributed by atoms with Crippen LogP contribution < -0.4 is 0 Å². The Kier molecular flexibility index (Phi) is 30.4. The summed E-state index contributed by atoms with van der Waals surface area (Å²) in [7, 11) is -4.81. The van der Waals surface area contributed by atoms with Crippen LogP contribution in [-0.2, 0) is 32.9 Å². The summed E-state index contributed by atoms with van der Waals surface area (Å²) in [6.07, 6.45) is 32.8. The lowest BCUT2D eigenvalue weighted by Crippen LogP contribution is -2.29. The molecule has 0 aromatic carbocycles. The van der Waals surface area contributed by atoms with Crippen molar-refractivity contribution < 1.29 is 42.7 Å². The summed E-state index contributed by atoms with van der Waals surface area (Å²) in [5.74, 6) is -0.505.